The zero-order chi connectivity index (χ0) is 11.7. The summed E-state index contributed by atoms with van der Waals surface area (Å²) in [4.78, 5) is 21.4. The number of nitrogens with zero attached hydrogens (tertiary/aromatic N) is 4. The van der Waals surface area contributed by atoms with E-state index in [2.05, 4.69) is 20.2 Å². The van der Waals surface area contributed by atoms with Crippen molar-refractivity contribution in [1.29, 1.82) is 0 Å². The first kappa shape index (κ1) is 9.95. The summed E-state index contributed by atoms with van der Waals surface area (Å²) in [6, 6.07) is 3.69. The van der Waals surface area contributed by atoms with Crippen LogP contribution in [-0.4, -0.2) is 32.6 Å². The van der Waals surface area contributed by atoms with Gasteiger partial charge < -0.3 is 0 Å². The lowest BCUT2D eigenvalue weighted by Crippen LogP contribution is -2.24. The number of hydrogen-bond donors (Lipinski definition) is 1. The molecule has 1 fully saturated rings. The minimum atomic E-state index is 0.0882. The third kappa shape index (κ3) is 1.77. The number of nitrogens with one attached hydrogen (secondary N) is 1. The van der Waals surface area contributed by atoms with Crippen LogP contribution in [0.15, 0.2) is 24.5 Å². The molecule has 0 bridgehead atoms. The van der Waals surface area contributed by atoms with Gasteiger partial charge in [-0.3, -0.25) is 19.8 Å². The lowest BCUT2D eigenvalue weighted by atomic mass is 10.3. The van der Waals surface area contributed by atoms with Crippen LogP contribution in [-0.2, 0) is 4.79 Å². The van der Waals surface area contributed by atoms with Crippen molar-refractivity contribution in [2.24, 2.45) is 0 Å². The van der Waals surface area contributed by atoms with Crippen molar-refractivity contribution in [2.75, 3.05) is 11.4 Å². The molecule has 0 saturated carbocycles. The highest BCUT2D eigenvalue weighted by molar-refractivity contribution is 5.93. The smallest absolute Gasteiger partial charge is 0.251 e. The Balaban J connectivity index is 1.91. The van der Waals surface area contributed by atoms with E-state index in [1.807, 2.05) is 12.1 Å². The monoisotopic (exact) mass is 229 g/mol. The standard InChI is InChI=1S/C11H11N5O/c17-9-2-1-7-16(9)11-13-10(14-15-11)8-3-5-12-6-4-8/h3-6H,1-2,7H2,(H,13,14,15). The summed E-state index contributed by atoms with van der Waals surface area (Å²) in [5.74, 6) is 1.20. The van der Waals surface area contributed by atoms with E-state index in [1.54, 1.807) is 17.3 Å². The molecule has 1 saturated heterocycles. The van der Waals surface area contributed by atoms with Crippen LogP contribution in [0.1, 0.15) is 12.8 Å². The van der Waals surface area contributed by atoms with Crippen LogP contribution in [0, 0.1) is 0 Å². The van der Waals surface area contributed by atoms with E-state index >= 15 is 0 Å². The van der Waals surface area contributed by atoms with Crippen LogP contribution >= 0.6 is 0 Å². The Hall–Kier alpha value is -2.24. The van der Waals surface area contributed by atoms with Crippen molar-refractivity contribution in [2.45, 2.75) is 12.8 Å². The summed E-state index contributed by atoms with van der Waals surface area (Å²) in [6.07, 6.45) is 4.84. The topological polar surface area (TPSA) is 74.8 Å². The number of aromatic amines is 1. The fourth-order valence-corrected chi connectivity index (χ4v) is 1.87. The molecule has 3 rings (SSSR count). The van der Waals surface area contributed by atoms with Gasteiger partial charge in [0.2, 0.25) is 5.91 Å². The summed E-state index contributed by atoms with van der Waals surface area (Å²) < 4.78 is 0. The van der Waals surface area contributed by atoms with E-state index < -0.39 is 0 Å². The number of amides is 1. The molecule has 0 atom stereocenters. The molecule has 0 radical (unpaired) electrons. The zero-order valence-electron chi connectivity index (χ0n) is 9.13. The second-order valence-corrected chi connectivity index (χ2v) is 3.87. The number of pyridine rings is 1. The van der Waals surface area contributed by atoms with E-state index in [-0.39, 0.29) is 5.91 Å². The number of rotatable bonds is 2. The number of H-pyrrole nitrogens is 1. The first-order valence-corrected chi connectivity index (χ1v) is 5.48. The summed E-state index contributed by atoms with van der Waals surface area (Å²) in [6.45, 7) is 0.701. The average molecular weight is 229 g/mol. The molecule has 3 heterocycles. The van der Waals surface area contributed by atoms with Gasteiger partial charge in [-0.15, -0.1) is 5.10 Å². The molecular weight excluding hydrogens is 218 g/mol. The van der Waals surface area contributed by atoms with Crippen LogP contribution < -0.4 is 4.90 Å². The Morgan fingerprint density at radius 2 is 2.12 bits per heavy atom. The Kier molecular flexibility index (Phi) is 2.32. The predicted molar refractivity (Wildman–Crippen MR) is 61.2 cm³/mol. The Labute approximate surface area is 97.7 Å². The maximum absolute atomic E-state index is 11.5. The highest BCUT2D eigenvalue weighted by Crippen LogP contribution is 2.20. The van der Waals surface area contributed by atoms with Crippen LogP contribution in [0.3, 0.4) is 0 Å². The number of carbonyl (C=O) groups excluding carboxylic acids is 1. The van der Waals surface area contributed by atoms with Crippen LogP contribution in [0.5, 0.6) is 0 Å². The van der Waals surface area contributed by atoms with Gasteiger partial charge in [0.1, 0.15) is 0 Å². The van der Waals surface area contributed by atoms with Crippen molar-refractivity contribution in [3.63, 3.8) is 0 Å². The SMILES string of the molecule is O=C1CCCN1c1n[nH]c(-c2ccncc2)n1. The van der Waals surface area contributed by atoms with Gasteiger partial charge in [0.05, 0.1) is 0 Å². The normalized spacial score (nSPS) is 15.5. The third-order valence-electron chi connectivity index (χ3n) is 2.74. The summed E-state index contributed by atoms with van der Waals surface area (Å²) >= 11 is 0. The first-order chi connectivity index (χ1) is 8.34. The van der Waals surface area contributed by atoms with Gasteiger partial charge in [0.15, 0.2) is 5.82 Å². The second-order valence-electron chi connectivity index (χ2n) is 3.87. The highest BCUT2D eigenvalue weighted by atomic mass is 16.2. The molecule has 0 aromatic carbocycles. The quantitative estimate of drug-likeness (QED) is 0.833. The van der Waals surface area contributed by atoms with Gasteiger partial charge >= 0.3 is 0 Å². The average Bonchev–Trinajstić information content (AvgIpc) is 2.98. The van der Waals surface area contributed by atoms with Gasteiger partial charge in [-0.25, -0.2) is 0 Å². The molecule has 0 spiro atoms. The first-order valence-electron chi connectivity index (χ1n) is 5.48. The molecule has 0 unspecified atom stereocenters. The van der Waals surface area contributed by atoms with Crippen molar-refractivity contribution >= 4 is 11.9 Å². The molecule has 1 aliphatic rings. The van der Waals surface area contributed by atoms with E-state index in [4.69, 9.17) is 0 Å². The fourth-order valence-electron chi connectivity index (χ4n) is 1.87. The van der Waals surface area contributed by atoms with Crippen LogP contribution in [0.4, 0.5) is 5.95 Å². The minimum absolute atomic E-state index is 0.0882. The lowest BCUT2D eigenvalue weighted by Gasteiger charge is -2.08. The molecule has 0 aliphatic carbocycles. The molecule has 2 aromatic rings. The van der Waals surface area contributed by atoms with Crippen LogP contribution in [0.2, 0.25) is 0 Å². The molecular formula is C11H11N5O. The largest absolute Gasteiger partial charge is 0.279 e. The van der Waals surface area contributed by atoms with Crippen LogP contribution in [0.25, 0.3) is 11.4 Å². The van der Waals surface area contributed by atoms with E-state index in [1.165, 1.54) is 0 Å². The van der Waals surface area contributed by atoms with Crippen molar-refractivity contribution in [3.8, 4) is 11.4 Å². The summed E-state index contributed by atoms with van der Waals surface area (Å²) in [5.41, 5.74) is 0.908. The Morgan fingerprint density at radius 3 is 2.82 bits per heavy atom. The molecule has 1 amide bonds. The molecule has 17 heavy (non-hydrogen) atoms. The number of hydrogen-bond acceptors (Lipinski definition) is 4. The number of carbonyl (C=O) groups is 1. The second kappa shape index (κ2) is 3.97. The van der Waals surface area contributed by atoms with Gasteiger partial charge in [0, 0.05) is 30.9 Å². The minimum Gasteiger partial charge on any atom is -0.279 e. The Morgan fingerprint density at radius 1 is 1.29 bits per heavy atom. The summed E-state index contributed by atoms with van der Waals surface area (Å²) in [5, 5.41) is 6.91. The summed E-state index contributed by atoms with van der Waals surface area (Å²) in [7, 11) is 0. The maximum atomic E-state index is 11.5. The Bertz CT molecular complexity index is 536. The number of anilines is 1. The molecule has 2 aromatic heterocycles. The molecule has 6 heteroatoms. The zero-order valence-corrected chi connectivity index (χ0v) is 9.13. The van der Waals surface area contributed by atoms with Crippen molar-refractivity contribution < 1.29 is 4.79 Å². The van der Waals surface area contributed by atoms with Crippen molar-refractivity contribution in [1.82, 2.24) is 20.2 Å². The number of aromatic nitrogens is 4. The maximum Gasteiger partial charge on any atom is 0.251 e. The lowest BCUT2D eigenvalue weighted by molar-refractivity contribution is -0.117. The van der Waals surface area contributed by atoms with Crippen molar-refractivity contribution in [3.05, 3.63) is 24.5 Å². The van der Waals surface area contributed by atoms with E-state index in [0.29, 0.717) is 24.7 Å². The highest BCUT2D eigenvalue weighted by Gasteiger charge is 2.25. The van der Waals surface area contributed by atoms with Gasteiger partial charge in [-0.2, -0.15) is 4.98 Å². The van der Waals surface area contributed by atoms with E-state index in [9.17, 15) is 4.79 Å². The third-order valence-corrected chi connectivity index (χ3v) is 2.74. The molecule has 86 valence electrons. The molecule has 1 aliphatic heterocycles. The molecule has 1 N–H and O–H groups in total. The fraction of sp³-hybridized carbons (Fsp3) is 0.273. The van der Waals surface area contributed by atoms with Gasteiger partial charge in [0.25, 0.3) is 5.95 Å². The predicted octanol–water partition coefficient (Wildman–Crippen LogP) is 0.993. The molecule has 6 nitrogen and oxygen atoms in total. The van der Waals surface area contributed by atoms with E-state index in [0.717, 1.165) is 12.0 Å². The van der Waals surface area contributed by atoms with Gasteiger partial charge in [-0.1, -0.05) is 0 Å². The van der Waals surface area contributed by atoms with Gasteiger partial charge in [-0.05, 0) is 18.6 Å².